The number of carbonyl (C=O) groups excluding carboxylic acids is 1. The molecule has 4 nitrogen and oxygen atoms in total. The number of benzene rings is 1. The lowest BCUT2D eigenvalue weighted by Gasteiger charge is -2.30. The van der Waals surface area contributed by atoms with Crippen molar-refractivity contribution in [1.82, 2.24) is 15.1 Å². The highest BCUT2D eigenvalue weighted by molar-refractivity contribution is 5.96. The largest absolute Gasteiger partial charge is 0.351 e. The molecule has 0 radical (unpaired) electrons. The molecule has 4 heteroatoms. The second-order valence-corrected chi connectivity index (χ2v) is 6.71. The topological polar surface area (TPSA) is 46.9 Å². The van der Waals surface area contributed by atoms with E-state index in [1.807, 2.05) is 27.0 Å². The van der Waals surface area contributed by atoms with E-state index in [-0.39, 0.29) is 11.3 Å². The monoisotopic (exact) mass is 311 g/mol. The Balaban J connectivity index is 1.79. The number of aryl methyl sites for hydroxylation is 2. The SMILES string of the molecule is Cc1nn(C)c(C)c1C(=O)NCC1(c2ccccc2)CCCC1. The summed E-state index contributed by atoms with van der Waals surface area (Å²) in [6.45, 7) is 4.53. The number of amides is 1. The summed E-state index contributed by atoms with van der Waals surface area (Å²) in [6.07, 6.45) is 4.75. The molecule has 2 aromatic rings. The van der Waals surface area contributed by atoms with Crippen molar-refractivity contribution in [2.75, 3.05) is 6.54 Å². The summed E-state index contributed by atoms with van der Waals surface area (Å²) in [5.41, 5.74) is 3.86. The van der Waals surface area contributed by atoms with E-state index in [0.717, 1.165) is 24.2 Å². The Hall–Kier alpha value is -2.10. The third-order valence-corrected chi connectivity index (χ3v) is 5.27. The average molecular weight is 311 g/mol. The van der Waals surface area contributed by atoms with Crippen molar-refractivity contribution in [2.24, 2.45) is 7.05 Å². The Labute approximate surface area is 137 Å². The molecule has 0 aliphatic heterocycles. The maximum Gasteiger partial charge on any atom is 0.255 e. The molecule has 0 spiro atoms. The van der Waals surface area contributed by atoms with Crippen LogP contribution in [0.1, 0.15) is 53.0 Å². The fourth-order valence-electron chi connectivity index (χ4n) is 3.85. The molecule has 122 valence electrons. The molecule has 23 heavy (non-hydrogen) atoms. The van der Waals surface area contributed by atoms with Gasteiger partial charge in [-0.15, -0.1) is 0 Å². The van der Waals surface area contributed by atoms with Crippen LogP contribution in [0.4, 0.5) is 0 Å². The van der Waals surface area contributed by atoms with Gasteiger partial charge >= 0.3 is 0 Å². The molecular formula is C19H25N3O. The van der Waals surface area contributed by atoms with E-state index in [1.165, 1.54) is 18.4 Å². The van der Waals surface area contributed by atoms with Crippen LogP contribution in [-0.2, 0) is 12.5 Å². The molecule has 0 bridgehead atoms. The van der Waals surface area contributed by atoms with Gasteiger partial charge in [-0.2, -0.15) is 5.10 Å². The van der Waals surface area contributed by atoms with E-state index in [9.17, 15) is 4.79 Å². The molecule has 1 aliphatic rings. The fourth-order valence-corrected chi connectivity index (χ4v) is 3.85. The van der Waals surface area contributed by atoms with Gasteiger partial charge in [-0.1, -0.05) is 43.2 Å². The van der Waals surface area contributed by atoms with E-state index in [2.05, 4.69) is 34.7 Å². The van der Waals surface area contributed by atoms with Crippen LogP contribution in [0.2, 0.25) is 0 Å². The molecule has 1 aliphatic carbocycles. The minimum Gasteiger partial charge on any atom is -0.351 e. The zero-order chi connectivity index (χ0) is 16.4. The Bertz CT molecular complexity index is 697. The molecule has 1 aromatic heterocycles. The van der Waals surface area contributed by atoms with Crippen LogP contribution in [-0.4, -0.2) is 22.2 Å². The summed E-state index contributed by atoms with van der Waals surface area (Å²) < 4.78 is 1.77. The van der Waals surface area contributed by atoms with Gasteiger partial charge in [-0.3, -0.25) is 9.48 Å². The summed E-state index contributed by atoms with van der Waals surface area (Å²) >= 11 is 0. The minimum atomic E-state index is -0.00435. The zero-order valence-electron chi connectivity index (χ0n) is 14.2. The minimum absolute atomic E-state index is 0.00435. The van der Waals surface area contributed by atoms with Crippen molar-refractivity contribution in [2.45, 2.75) is 44.9 Å². The zero-order valence-corrected chi connectivity index (χ0v) is 14.2. The molecule has 3 rings (SSSR count). The smallest absolute Gasteiger partial charge is 0.255 e. The maximum absolute atomic E-state index is 12.7. The van der Waals surface area contributed by atoms with Crippen LogP contribution in [0.3, 0.4) is 0 Å². The van der Waals surface area contributed by atoms with Crippen LogP contribution >= 0.6 is 0 Å². The number of carbonyl (C=O) groups is 1. The quantitative estimate of drug-likeness (QED) is 0.942. The number of hydrogen-bond acceptors (Lipinski definition) is 2. The third kappa shape index (κ3) is 2.90. The van der Waals surface area contributed by atoms with Crippen molar-refractivity contribution in [3.8, 4) is 0 Å². The summed E-state index contributed by atoms with van der Waals surface area (Å²) in [6, 6.07) is 10.6. The number of nitrogens with one attached hydrogen (secondary N) is 1. The van der Waals surface area contributed by atoms with Gasteiger partial charge in [0.05, 0.1) is 11.3 Å². The van der Waals surface area contributed by atoms with E-state index >= 15 is 0 Å². The van der Waals surface area contributed by atoms with Gasteiger partial charge in [0, 0.05) is 24.7 Å². The lowest BCUT2D eigenvalue weighted by molar-refractivity contribution is 0.0942. The van der Waals surface area contributed by atoms with Gasteiger partial charge in [0.1, 0.15) is 0 Å². The standard InChI is InChI=1S/C19H25N3O/c1-14-17(15(2)22(3)21-14)18(23)20-13-19(11-7-8-12-19)16-9-5-4-6-10-16/h4-6,9-10H,7-8,11-13H2,1-3H3,(H,20,23). The molecule has 0 unspecified atom stereocenters. The first kappa shape index (κ1) is 15.8. The molecule has 1 saturated carbocycles. The van der Waals surface area contributed by atoms with Gasteiger partial charge in [0.25, 0.3) is 5.91 Å². The highest BCUT2D eigenvalue weighted by Gasteiger charge is 2.36. The second kappa shape index (κ2) is 6.19. The molecule has 0 saturated heterocycles. The van der Waals surface area contributed by atoms with Gasteiger partial charge in [0.15, 0.2) is 0 Å². The van der Waals surface area contributed by atoms with Crippen molar-refractivity contribution in [3.05, 3.63) is 52.8 Å². The molecular weight excluding hydrogens is 286 g/mol. The Morgan fingerprint density at radius 1 is 1.22 bits per heavy atom. The lowest BCUT2D eigenvalue weighted by Crippen LogP contribution is -2.39. The average Bonchev–Trinajstić information content (AvgIpc) is 3.12. The Morgan fingerprint density at radius 3 is 2.43 bits per heavy atom. The number of rotatable bonds is 4. The molecule has 1 amide bonds. The third-order valence-electron chi connectivity index (χ3n) is 5.27. The first-order valence-electron chi connectivity index (χ1n) is 8.37. The van der Waals surface area contributed by atoms with Crippen molar-refractivity contribution in [3.63, 3.8) is 0 Å². The second-order valence-electron chi connectivity index (χ2n) is 6.71. The summed E-state index contributed by atoms with van der Waals surface area (Å²) in [4.78, 5) is 12.7. The molecule has 1 aromatic carbocycles. The van der Waals surface area contributed by atoms with Crippen molar-refractivity contribution >= 4 is 5.91 Å². The van der Waals surface area contributed by atoms with Crippen LogP contribution in [0.25, 0.3) is 0 Å². The highest BCUT2D eigenvalue weighted by atomic mass is 16.1. The Morgan fingerprint density at radius 2 is 1.87 bits per heavy atom. The predicted molar refractivity (Wildman–Crippen MR) is 91.6 cm³/mol. The van der Waals surface area contributed by atoms with E-state index in [4.69, 9.17) is 0 Å². The number of hydrogen-bond donors (Lipinski definition) is 1. The first-order valence-corrected chi connectivity index (χ1v) is 8.37. The van der Waals surface area contributed by atoms with Gasteiger partial charge in [0.2, 0.25) is 0 Å². The van der Waals surface area contributed by atoms with Crippen LogP contribution in [0.5, 0.6) is 0 Å². The number of nitrogens with zero attached hydrogens (tertiary/aromatic N) is 2. The Kier molecular flexibility index (Phi) is 4.24. The molecule has 1 N–H and O–H groups in total. The van der Waals surface area contributed by atoms with E-state index in [0.29, 0.717) is 12.1 Å². The molecule has 1 heterocycles. The summed E-state index contributed by atoms with van der Waals surface area (Å²) in [7, 11) is 1.88. The van der Waals surface area contributed by atoms with Crippen LogP contribution in [0, 0.1) is 13.8 Å². The predicted octanol–water partition coefficient (Wildman–Crippen LogP) is 3.28. The first-order chi connectivity index (χ1) is 11.0. The van der Waals surface area contributed by atoms with Gasteiger partial charge in [-0.05, 0) is 32.3 Å². The van der Waals surface area contributed by atoms with Crippen LogP contribution < -0.4 is 5.32 Å². The van der Waals surface area contributed by atoms with Gasteiger partial charge < -0.3 is 5.32 Å². The lowest BCUT2D eigenvalue weighted by atomic mass is 9.79. The number of aromatic nitrogens is 2. The molecule has 1 fully saturated rings. The van der Waals surface area contributed by atoms with Crippen molar-refractivity contribution in [1.29, 1.82) is 0 Å². The van der Waals surface area contributed by atoms with E-state index in [1.54, 1.807) is 4.68 Å². The summed E-state index contributed by atoms with van der Waals surface area (Å²) in [5, 5.41) is 7.53. The summed E-state index contributed by atoms with van der Waals surface area (Å²) in [5.74, 6) is -0.00435. The molecule has 0 atom stereocenters. The normalized spacial score (nSPS) is 16.5. The van der Waals surface area contributed by atoms with Gasteiger partial charge in [-0.25, -0.2) is 0 Å². The maximum atomic E-state index is 12.7. The fraction of sp³-hybridized carbons (Fsp3) is 0.474. The van der Waals surface area contributed by atoms with E-state index < -0.39 is 0 Å². The van der Waals surface area contributed by atoms with Crippen LogP contribution in [0.15, 0.2) is 30.3 Å². The highest BCUT2D eigenvalue weighted by Crippen LogP contribution is 2.40. The van der Waals surface area contributed by atoms with Crippen molar-refractivity contribution < 1.29 is 4.79 Å².